The van der Waals surface area contributed by atoms with Crippen molar-refractivity contribution in [1.82, 2.24) is 24.6 Å². The highest BCUT2D eigenvalue weighted by Gasteiger charge is 2.48. The number of hydrogen-bond donors (Lipinski definition) is 0. The van der Waals surface area contributed by atoms with E-state index in [0.29, 0.717) is 21.5 Å². The molecule has 0 spiro atoms. The van der Waals surface area contributed by atoms with Gasteiger partial charge in [-0.1, -0.05) is 18.2 Å². The van der Waals surface area contributed by atoms with E-state index in [1.54, 1.807) is 23.0 Å². The molecule has 0 saturated heterocycles. The van der Waals surface area contributed by atoms with Crippen LogP contribution >= 0.6 is 15.9 Å². The van der Waals surface area contributed by atoms with Gasteiger partial charge < -0.3 is 0 Å². The molecule has 5 aromatic rings. The number of fused-ring (bicyclic) bond motifs is 2. The number of aromatic nitrogens is 5. The van der Waals surface area contributed by atoms with E-state index >= 15 is 0 Å². The van der Waals surface area contributed by atoms with Gasteiger partial charge in [-0.15, -0.1) is 0 Å². The average Bonchev–Trinajstić information content (AvgIpc) is 3.47. The minimum absolute atomic E-state index is 0.137. The summed E-state index contributed by atoms with van der Waals surface area (Å²) in [4.78, 5) is 13.4. The largest absolute Gasteiger partial charge is 0.256 e. The van der Waals surface area contributed by atoms with Gasteiger partial charge in [0.1, 0.15) is 11.5 Å². The van der Waals surface area contributed by atoms with Crippen LogP contribution in [0.25, 0.3) is 27.9 Å². The standard InChI is InChI=1S/C23H15BrFN5/c24-17-5-3-15(11-18(17)25)20-12-27-22-28-13-21(30(22)29-20)23(7-8-23)16-4-6-19-14(10-16)2-1-9-26-19/h1-6,9-13H,7-8H2. The summed E-state index contributed by atoms with van der Waals surface area (Å²) in [6.07, 6.45) is 7.34. The maximum absolute atomic E-state index is 14.0. The lowest BCUT2D eigenvalue weighted by Crippen LogP contribution is -2.14. The Labute approximate surface area is 179 Å². The second-order valence-electron chi connectivity index (χ2n) is 7.62. The zero-order valence-corrected chi connectivity index (χ0v) is 17.3. The molecular weight excluding hydrogens is 445 g/mol. The number of benzene rings is 2. The van der Waals surface area contributed by atoms with E-state index in [4.69, 9.17) is 5.10 Å². The van der Waals surface area contributed by atoms with Gasteiger partial charge >= 0.3 is 0 Å². The first kappa shape index (κ1) is 17.7. The lowest BCUT2D eigenvalue weighted by atomic mass is 9.91. The van der Waals surface area contributed by atoms with Crippen LogP contribution in [0.4, 0.5) is 4.39 Å². The Kier molecular flexibility index (Phi) is 3.77. The molecule has 7 heteroatoms. The quantitative estimate of drug-likeness (QED) is 0.366. The Morgan fingerprint density at radius 2 is 1.83 bits per heavy atom. The summed E-state index contributed by atoms with van der Waals surface area (Å²) in [5.74, 6) is 0.212. The zero-order valence-electron chi connectivity index (χ0n) is 15.8. The van der Waals surface area contributed by atoms with Gasteiger partial charge in [0.25, 0.3) is 5.78 Å². The normalized spacial score (nSPS) is 15.0. The molecule has 1 saturated carbocycles. The van der Waals surface area contributed by atoms with Gasteiger partial charge in [0.2, 0.25) is 0 Å². The van der Waals surface area contributed by atoms with Crippen LogP contribution < -0.4 is 0 Å². The third-order valence-corrected chi connectivity index (χ3v) is 6.48. The molecule has 0 aliphatic heterocycles. The summed E-state index contributed by atoms with van der Waals surface area (Å²) >= 11 is 3.19. The lowest BCUT2D eigenvalue weighted by molar-refractivity contribution is 0.621. The highest BCUT2D eigenvalue weighted by molar-refractivity contribution is 9.10. The summed E-state index contributed by atoms with van der Waals surface area (Å²) in [6.45, 7) is 0. The van der Waals surface area contributed by atoms with Crippen LogP contribution in [0, 0.1) is 5.82 Å². The predicted octanol–water partition coefficient (Wildman–Crippen LogP) is 5.32. The molecule has 0 bridgehead atoms. The Hall–Kier alpha value is -3.19. The summed E-state index contributed by atoms with van der Waals surface area (Å²) in [5, 5.41) is 5.89. The third kappa shape index (κ3) is 2.65. The van der Waals surface area contributed by atoms with Crippen molar-refractivity contribution in [2.24, 2.45) is 0 Å². The predicted molar refractivity (Wildman–Crippen MR) is 116 cm³/mol. The van der Waals surface area contributed by atoms with E-state index in [0.717, 1.165) is 29.4 Å². The van der Waals surface area contributed by atoms with Gasteiger partial charge in [0.05, 0.1) is 28.1 Å². The van der Waals surface area contributed by atoms with Gasteiger partial charge in [0.15, 0.2) is 0 Å². The summed E-state index contributed by atoms with van der Waals surface area (Å²) < 4.78 is 16.3. The van der Waals surface area contributed by atoms with Crippen LogP contribution in [0.15, 0.2) is 71.6 Å². The number of nitrogens with zero attached hydrogens (tertiary/aromatic N) is 5. The van der Waals surface area contributed by atoms with Crippen LogP contribution in [0.3, 0.4) is 0 Å². The highest BCUT2D eigenvalue weighted by Crippen LogP contribution is 2.53. The first-order valence-electron chi connectivity index (χ1n) is 9.66. The molecule has 30 heavy (non-hydrogen) atoms. The smallest absolute Gasteiger partial charge is 0.250 e. The zero-order chi connectivity index (χ0) is 20.3. The fourth-order valence-corrected chi connectivity index (χ4v) is 4.33. The number of pyridine rings is 1. The second-order valence-corrected chi connectivity index (χ2v) is 8.47. The number of imidazole rings is 1. The van der Waals surface area contributed by atoms with Crippen molar-refractivity contribution in [2.45, 2.75) is 18.3 Å². The fourth-order valence-electron chi connectivity index (χ4n) is 4.08. The van der Waals surface area contributed by atoms with Gasteiger partial charge in [-0.25, -0.2) is 14.4 Å². The van der Waals surface area contributed by atoms with Crippen LogP contribution in [0.2, 0.25) is 0 Å². The SMILES string of the molecule is Fc1cc(-c2cnc3ncc(C4(c5ccc6ncccc6c5)CC4)n3n2)ccc1Br. The van der Waals surface area contributed by atoms with Gasteiger partial charge in [-0.2, -0.15) is 9.61 Å². The maximum atomic E-state index is 14.0. The Bertz CT molecular complexity index is 1440. The topological polar surface area (TPSA) is 56.0 Å². The van der Waals surface area contributed by atoms with E-state index in [1.807, 2.05) is 18.3 Å². The summed E-state index contributed by atoms with van der Waals surface area (Å²) in [7, 11) is 0. The highest BCUT2D eigenvalue weighted by atomic mass is 79.9. The van der Waals surface area contributed by atoms with Crippen molar-refractivity contribution in [3.05, 3.63) is 88.7 Å². The monoisotopic (exact) mass is 459 g/mol. The molecule has 2 aromatic carbocycles. The van der Waals surface area contributed by atoms with Crippen LogP contribution in [-0.2, 0) is 5.41 Å². The molecule has 0 amide bonds. The molecule has 3 heterocycles. The van der Waals surface area contributed by atoms with Crippen molar-refractivity contribution in [1.29, 1.82) is 0 Å². The lowest BCUT2D eigenvalue weighted by Gasteiger charge is -2.16. The summed E-state index contributed by atoms with van der Waals surface area (Å²) in [5.41, 5.74) is 4.36. The first-order valence-corrected chi connectivity index (χ1v) is 10.5. The molecule has 1 aliphatic rings. The minimum atomic E-state index is -0.330. The number of hydrogen-bond acceptors (Lipinski definition) is 4. The van der Waals surface area contributed by atoms with Gasteiger partial charge in [-0.3, -0.25) is 4.98 Å². The number of rotatable bonds is 3. The molecule has 0 N–H and O–H groups in total. The van der Waals surface area contributed by atoms with Crippen LogP contribution in [-0.4, -0.2) is 24.6 Å². The third-order valence-electron chi connectivity index (χ3n) is 5.84. The second kappa shape index (κ2) is 6.40. The molecule has 6 rings (SSSR count). The van der Waals surface area contributed by atoms with Crippen molar-refractivity contribution in [2.75, 3.05) is 0 Å². The number of halogens is 2. The minimum Gasteiger partial charge on any atom is -0.256 e. The molecule has 5 nitrogen and oxygen atoms in total. The van der Waals surface area contributed by atoms with Gasteiger partial charge in [0, 0.05) is 22.6 Å². The fraction of sp³-hybridized carbons (Fsp3) is 0.130. The van der Waals surface area contributed by atoms with E-state index in [2.05, 4.69) is 55.1 Å². The molecule has 0 unspecified atom stereocenters. The molecule has 146 valence electrons. The molecular formula is C23H15BrFN5. The Morgan fingerprint density at radius 1 is 0.967 bits per heavy atom. The summed E-state index contributed by atoms with van der Waals surface area (Å²) in [6, 6.07) is 15.4. The Balaban J connectivity index is 1.49. The average molecular weight is 460 g/mol. The van der Waals surface area contributed by atoms with Crippen molar-refractivity contribution in [3.63, 3.8) is 0 Å². The van der Waals surface area contributed by atoms with Crippen LogP contribution in [0.1, 0.15) is 24.1 Å². The molecule has 0 radical (unpaired) electrons. The van der Waals surface area contributed by atoms with Gasteiger partial charge in [-0.05, 0) is 64.7 Å². The molecule has 0 atom stereocenters. The molecule has 1 fully saturated rings. The van der Waals surface area contributed by atoms with E-state index in [1.165, 1.54) is 11.6 Å². The van der Waals surface area contributed by atoms with E-state index < -0.39 is 0 Å². The van der Waals surface area contributed by atoms with E-state index in [-0.39, 0.29) is 11.2 Å². The van der Waals surface area contributed by atoms with Crippen molar-refractivity contribution >= 4 is 32.6 Å². The Morgan fingerprint density at radius 3 is 2.67 bits per heavy atom. The van der Waals surface area contributed by atoms with Crippen molar-refractivity contribution < 1.29 is 4.39 Å². The van der Waals surface area contributed by atoms with Crippen molar-refractivity contribution in [3.8, 4) is 11.3 Å². The van der Waals surface area contributed by atoms with E-state index in [9.17, 15) is 4.39 Å². The first-order chi connectivity index (χ1) is 14.6. The van der Waals surface area contributed by atoms with Crippen LogP contribution in [0.5, 0.6) is 0 Å². The maximum Gasteiger partial charge on any atom is 0.250 e. The molecule has 1 aliphatic carbocycles. The molecule has 3 aromatic heterocycles.